The van der Waals surface area contributed by atoms with E-state index in [0.717, 1.165) is 12.8 Å². The highest BCUT2D eigenvalue weighted by molar-refractivity contribution is 4.34. The lowest BCUT2D eigenvalue weighted by Gasteiger charge is -1.90. The zero-order chi connectivity index (χ0) is 9.70. The van der Waals surface area contributed by atoms with Crippen LogP contribution in [0.3, 0.4) is 0 Å². The lowest BCUT2D eigenvalue weighted by atomic mass is 10.3. The first-order chi connectivity index (χ1) is 5.18. The van der Waals surface area contributed by atoms with E-state index in [1.165, 1.54) is 0 Å². The van der Waals surface area contributed by atoms with Gasteiger partial charge in [-0.25, -0.2) is 0 Å². The predicted octanol–water partition coefficient (Wildman–Crippen LogP) is 2.19. The Bertz CT molecular complexity index is 34.5. The molecule has 0 aliphatic carbocycles. The van der Waals surface area contributed by atoms with E-state index in [1.54, 1.807) is 6.92 Å². The monoisotopic (exact) mass is 164 g/mol. The van der Waals surface area contributed by atoms with Crippen molar-refractivity contribution in [1.29, 1.82) is 0 Å². The number of hydrogen-bond donors (Lipinski definition) is 2. The minimum atomic E-state index is -0.116. The summed E-state index contributed by atoms with van der Waals surface area (Å²) < 4.78 is 0. The molecule has 0 aromatic heterocycles. The molecule has 0 saturated heterocycles. The first-order valence-corrected chi connectivity index (χ1v) is 4.47. The van der Waals surface area contributed by atoms with Crippen molar-refractivity contribution in [2.24, 2.45) is 0 Å². The van der Waals surface area contributed by atoms with E-state index in [9.17, 15) is 0 Å². The van der Waals surface area contributed by atoms with Crippen molar-refractivity contribution in [3.63, 3.8) is 0 Å². The van der Waals surface area contributed by atoms with Gasteiger partial charge in [0.2, 0.25) is 0 Å². The summed E-state index contributed by atoms with van der Waals surface area (Å²) in [4.78, 5) is 0. The van der Waals surface area contributed by atoms with Crippen LogP contribution in [0.25, 0.3) is 0 Å². The fraction of sp³-hybridized carbons (Fsp3) is 1.00. The van der Waals surface area contributed by atoms with Crippen LogP contribution in [0.2, 0.25) is 0 Å². The van der Waals surface area contributed by atoms with Crippen molar-refractivity contribution in [2.75, 3.05) is 6.61 Å². The van der Waals surface area contributed by atoms with Crippen LogP contribution in [0.4, 0.5) is 0 Å². The van der Waals surface area contributed by atoms with Gasteiger partial charge in [-0.2, -0.15) is 0 Å². The van der Waals surface area contributed by atoms with Gasteiger partial charge in [-0.3, -0.25) is 0 Å². The molecule has 2 N–H and O–H groups in total. The molecule has 0 radical (unpaired) electrons. The summed E-state index contributed by atoms with van der Waals surface area (Å²) in [5.41, 5.74) is 0. The van der Waals surface area contributed by atoms with Crippen molar-refractivity contribution in [1.82, 2.24) is 0 Å². The fourth-order valence-electron chi connectivity index (χ4n) is 0. The van der Waals surface area contributed by atoms with Gasteiger partial charge in [0, 0.05) is 6.61 Å². The Balaban J connectivity index is -0.0000000965. The molecule has 0 fully saturated rings. The predicted molar refractivity (Wildman–Crippen MR) is 50.7 cm³/mol. The molecule has 0 aromatic carbocycles. The van der Waals surface area contributed by atoms with Crippen molar-refractivity contribution < 1.29 is 10.2 Å². The van der Waals surface area contributed by atoms with Crippen LogP contribution in [0, 0.1) is 0 Å². The second-order valence-corrected chi connectivity index (χ2v) is 1.98. The van der Waals surface area contributed by atoms with Crippen molar-refractivity contribution in [2.45, 2.75) is 53.6 Å². The van der Waals surface area contributed by atoms with Gasteiger partial charge in [0.15, 0.2) is 0 Å². The smallest absolute Gasteiger partial charge is 0.0509 e. The minimum absolute atomic E-state index is 0.116. The van der Waals surface area contributed by atoms with Crippen molar-refractivity contribution in [3.05, 3.63) is 0 Å². The molecule has 1 unspecified atom stereocenters. The maximum atomic E-state index is 8.36. The van der Waals surface area contributed by atoms with Gasteiger partial charge in [0.1, 0.15) is 0 Å². The summed E-state index contributed by atoms with van der Waals surface area (Å²) in [6, 6.07) is 0. The van der Waals surface area contributed by atoms with Gasteiger partial charge in [-0.15, -0.1) is 0 Å². The SMILES string of the molecule is CC.CCC(C)O.CCCO. The highest BCUT2D eigenvalue weighted by Gasteiger charge is 1.81. The second kappa shape index (κ2) is 22.5. The van der Waals surface area contributed by atoms with Gasteiger partial charge in [-0.1, -0.05) is 27.7 Å². The molecule has 0 aliphatic heterocycles. The van der Waals surface area contributed by atoms with Crippen LogP contribution in [0.1, 0.15) is 47.5 Å². The van der Waals surface area contributed by atoms with Gasteiger partial charge in [0.25, 0.3) is 0 Å². The highest BCUT2D eigenvalue weighted by atomic mass is 16.3. The summed E-state index contributed by atoms with van der Waals surface area (Å²) in [5, 5.41) is 16.2. The topological polar surface area (TPSA) is 40.5 Å². The third-order valence-electron chi connectivity index (χ3n) is 0.814. The summed E-state index contributed by atoms with van der Waals surface area (Å²) in [7, 11) is 0. The van der Waals surface area contributed by atoms with Crippen LogP contribution in [0.5, 0.6) is 0 Å². The first kappa shape index (κ1) is 17.1. The normalized spacial score (nSPS) is 10.1. The lowest BCUT2D eigenvalue weighted by Crippen LogP contribution is -1.93. The number of rotatable bonds is 2. The Kier molecular flexibility index (Phi) is 35.1. The van der Waals surface area contributed by atoms with Crippen LogP contribution >= 0.6 is 0 Å². The minimum Gasteiger partial charge on any atom is -0.396 e. The lowest BCUT2D eigenvalue weighted by molar-refractivity contribution is 0.191. The molecule has 0 aromatic rings. The molecule has 0 saturated carbocycles. The van der Waals surface area contributed by atoms with E-state index >= 15 is 0 Å². The quantitative estimate of drug-likeness (QED) is 0.657. The molecule has 0 heterocycles. The molecule has 0 rings (SSSR count). The Hall–Kier alpha value is -0.0800. The Morgan fingerprint density at radius 2 is 1.36 bits per heavy atom. The number of aliphatic hydroxyl groups excluding tert-OH is 2. The fourth-order valence-corrected chi connectivity index (χ4v) is 0. The molecule has 72 valence electrons. The third-order valence-corrected chi connectivity index (χ3v) is 0.814. The van der Waals surface area contributed by atoms with E-state index < -0.39 is 0 Å². The van der Waals surface area contributed by atoms with Crippen LogP contribution in [-0.2, 0) is 0 Å². The molecule has 1 atom stereocenters. The molecule has 11 heavy (non-hydrogen) atoms. The molecule has 0 spiro atoms. The van der Waals surface area contributed by atoms with E-state index in [1.807, 2.05) is 27.7 Å². The maximum Gasteiger partial charge on any atom is 0.0509 e. The van der Waals surface area contributed by atoms with Crippen molar-refractivity contribution >= 4 is 0 Å². The zero-order valence-corrected chi connectivity index (χ0v) is 8.59. The van der Waals surface area contributed by atoms with Crippen molar-refractivity contribution in [3.8, 4) is 0 Å². The van der Waals surface area contributed by atoms with Gasteiger partial charge in [0.05, 0.1) is 6.10 Å². The Morgan fingerprint density at radius 1 is 1.18 bits per heavy atom. The number of aliphatic hydroxyl groups is 2. The average molecular weight is 164 g/mol. The standard InChI is InChI=1S/C4H10O.C3H8O.C2H6/c1-3-4(2)5;1-2-3-4;1-2/h4-5H,3H2,1-2H3;4H,2-3H2,1H3;1-2H3. The molecule has 0 amide bonds. The Labute approximate surface area is 71.3 Å². The first-order valence-electron chi connectivity index (χ1n) is 4.47. The maximum absolute atomic E-state index is 8.36. The van der Waals surface area contributed by atoms with E-state index in [-0.39, 0.29) is 6.10 Å². The summed E-state index contributed by atoms with van der Waals surface area (Å²) in [6.07, 6.45) is 1.62. The van der Waals surface area contributed by atoms with Crippen LogP contribution < -0.4 is 0 Å². The third kappa shape index (κ3) is 73.0. The van der Waals surface area contributed by atoms with Crippen LogP contribution in [0.15, 0.2) is 0 Å². The van der Waals surface area contributed by atoms with E-state index in [4.69, 9.17) is 10.2 Å². The van der Waals surface area contributed by atoms with Crippen LogP contribution in [-0.4, -0.2) is 22.9 Å². The second-order valence-electron chi connectivity index (χ2n) is 1.98. The Morgan fingerprint density at radius 3 is 1.36 bits per heavy atom. The average Bonchev–Trinajstić information content (AvgIpc) is 2.08. The molecule has 2 heteroatoms. The van der Waals surface area contributed by atoms with E-state index in [0.29, 0.717) is 6.61 Å². The molecular weight excluding hydrogens is 140 g/mol. The molecule has 0 aliphatic rings. The largest absolute Gasteiger partial charge is 0.396 e. The van der Waals surface area contributed by atoms with E-state index in [2.05, 4.69) is 0 Å². The number of hydrogen-bond acceptors (Lipinski definition) is 2. The van der Waals surface area contributed by atoms with Gasteiger partial charge in [-0.05, 0) is 19.8 Å². The molecular formula is C9H24O2. The highest BCUT2D eigenvalue weighted by Crippen LogP contribution is 1.81. The molecule has 0 bridgehead atoms. The summed E-state index contributed by atoms with van der Waals surface area (Å²) in [5.74, 6) is 0. The van der Waals surface area contributed by atoms with Gasteiger partial charge >= 0.3 is 0 Å². The van der Waals surface area contributed by atoms with Gasteiger partial charge < -0.3 is 10.2 Å². The zero-order valence-electron chi connectivity index (χ0n) is 8.59. The summed E-state index contributed by atoms with van der Waals surface area (Å²) >= 11 is 0. The molecule has 2 nitrogen and oxygen atoms in total. The summed E-state index contributed by atoms with van der Waals surface area (Å²) in [6.45, 7) is 9.98.